The van der Waals surface area contributed by atoms with Crippen LogP contribution in [0.3, 0.4) is 0 Å². The predicted molar refractivity (Wildman–Crippen MR) is 128 cm³/mol. The Labute approximate surface area is 197 Å². The van der Waals surface area contributed by atoms with Crippen LogP contribution in [0.1, 0.15) is 21.5 Å². The van der Waals surface area contributed by atoms with Crippen molar-refractivity contribution in [3.8, 4) is 22.9 Å². The van der Waals surface area contributed by atoms with Gasteiger partial charge in [-0.3, -0.25) is 4.79 Å². The van der Waals surface area contributed by atoms with Gasteiger partial charge in [0, 0.05) is 42.5 Å². The number of carbonyl (C=O) groups excluding carboxylic acids is 1. The van der Waals surface area contributed by atoms with Crippen LogP contribution in [0, 0.1) is 6.92 Å². The van der Waals surface area contributed by atoms with Crippen LogP contribution in [-0.2, 0) is 11.3 Å². The lowest BCUT2D eigenvalue weighted by atomic mass is 10.1. The molecule has 1 fully saturated rings. The molecule has 5 rings (SSSR count). The molecule has 0 atom stereocenters. The lowest BCUT2D eigenvalue weighted by molar-refractivity contribution is 0.0951. The number of benzene rings is 2. The minimum atomic E-state index is -0.151. The topological polar surface area (TPSA) is 93.4 Å². The smallest absolute Gasteiger partial charge is 0.251 e. The van der Waals surface area contributed by atoms with Crippen LogP contribution >= 0.6 is 0 Å². The van der Waals surface area contributed by atoms with Crippen LogP contribution in [0.15, 0.2) is 71.3 Å². The first-order chi connectivity index (χ1) is 16.7. The van der Waals surface area contributed by atoms with E-state index in [4.69, 9.17) is 9.15 Å². The summed E-state index contributed by atoms with van der Waals surface area (Å²) in [6.45, 7) is 5.49. The third-order valence-corrected chi connectivity index (χ3v) is 5.68. The SMILES string of the molecule is Cc1cccc(-c2nnc(-c3ccc(C(=O)NCc4ccnc(N5CCOCC5)c4)cc3)o2)c1. The number of carbonyl (C=O) groups is 1. The van der Waals surface area contributed by atoms with E-state index in [0.717, 1.165) is 41.2 Å². The number of nitrogens with one attached hydrogen (secondary N) is 1. The van der Waals surface area contributed by atoms with Gasteiger partial charge in [0.2, 0.25) is 11.8 Å². The number of anilines is 1. The van der Waals surface area contributed by atoms with Gasteiger partial charge >= 0.3 is 0 Å². The fourth-order valence-electron chi connectivity index (χ4n) is 3.82. The molecule has 8 heteroatoms. The molecular formula is C26H25N5O3. The zero-order chi connectivity index (χ0) is 23.3. The summed E-state index contributed by atoms with van der Waals surface area (Å²) in [5.41, 5.74) is 4.31. The van der Waals surface area contributed by atoms with Gasteiger partial charge in [0.25, 0.3) is 5.91 Å². The molecule has 0 aliphatic carbocycles. The molecular weight excluding hydrogens is 430 g/mol. The number of aromatic nitrogens is 3. The van der Waals surface area contributed by atoms with Crippen molar-refractivity contribution in [3.05, 3.63) is 83.6 Å². The van der Waals surface area contributed by atoms with Gasteiger partial charge in [-0.05, 0) is 61.0 Å². The number of pyridine rings is 1. The molecule has 1 N–H and O–H groups in total. The molecule has 1 saturated heterocycles. The summed E-state index contributed by atoms with van der Waals surface area (Å²) < 4.78 is 11.2. The van der Waals surface area contributed by atoms with Crippen LogP contribution in [0.5, 0.6) is 0 Å². The van der Waals surface area contributed by atoms with Gasteiger partial charge in [-0.1, -0.05) is 17.7 Å². The molecule has 0 unspecified atom stereocenters. The molecule has 0 spiro atoms. The monoisotopic (exact) mass is 455 g/mol. The number of amides is 1. The molecule has 1 amide bonds. The summed E-state index contributed by atoms with van der Waals surface area (Å²) in [5, 5.41) is 11.3. The van der Waals surface area contributed by atoms with E-state index in [2.05, 4.69) is 25.4 Å². The van der Waals surface area contributed by atoms with Crippen molar-refractivity contribution in [1.29, 1.82) is 0 Å². The number of hydrogen-bond acceptors (Lipinski definition) is 7. The summed E-state index contributed by atoms with van der Waals surface area (Å²) in [7, 11) is 0. The molecule has 4 aromatic rings. The zero-order valence-electron chi connectivity index (χ0n) is 18.9. The van der Waals surface area contributed by atoms with Gasteiger partial charge in [-0.2, -0.15) is 0 Å². The van der Waals surface area contributed by atoms with E-state index in [9.17, 15) is 4.79 Å². The van der Waals surface area contributed by atoms with Gasteiger partial charge in [0.1, 0.15) is 5.82 Å². The summed E-state index contributed by atoms with van der Waals surface area (Å²) >= 11 is 0. The molecule has 2 aromatic carbocycles. The average Bonchev–Trinajstić information content (AvgIpc) is 3.39. The molecule has 0 bridgehead atoms. The maximum atomic E-state index is 12.7. The average molecular weight is 456 g/mol. The highest BCUT2D eigenvalue weighted by Crippen LogP contribution is 2.24. The Balaban J connectivity index is 1.22. The predicted octanol–water partition coefficient (Wildman–Crippen LogP) is 3.87. The normalized spacial score (nSPS) is 13.6. The van der Waals surface area contributed by atoms with Gasteiger partial charge in [-0.25, -0.2) is 4.98 Å². The number of nitrogens with zero attached hydrogens (tertiary/aromatic N) is 4. The molecule has 1 aliphatic rings. The Kier molecular flexibility index (Phi) is 6.31. The second-order valence-electron chi connectivity index (χ2n) is 8.16. The summed E-state index contributed by atoms with van der Waals surface area (Å²) in [5.74, 6) is 1.64. The highest BCUT2D eigenvalue weighted by atomic mass is 16.5. The first-order valence-electron chi connectivity index (χ1n) is 11.2. The molecule has 8 nitrogen and oxygen atoms in total. The Hall–Kier alpha value is -4.04. The molecule has 2 aromatic heterocycles. The first kappa shape index (κ1) is 21.8. The van der Waals surface area contributed by atoms with Crippen LogP contribution in [0.25, 0.3) is 22.9 Å². The highest BCUT2D eigenvalue weighted by molar-refractivity contribution is 5.94. The number of ether oxygens (including phenoxy) is 1. The van der Waals surface area contributed by atoms with Gasteiger partial charge < -0.3 is 19.4 Å². The Morgan fingerprint density at radius 3 is 2.50 bits per heavy atom. The number of hydrogen-bond donors (Lipinski definition) is 1. The summed E-state index contributed by atoms with van der Waals surface area (Å²) in [4.78, 5) is 19.3. The van der Waals surface area contributed by atoms with Gasteiger partial charge in [0.15, 0.2) is 0 Å². The van der Waals surface area contributed by atoms with E-state index >= 15 is 0 Å². The van der Waals surface area contributed by atoms with Crippen molar-refractivity contribution >= 4 is 11.7 Å². The molecule has 172 valence electrons. The standard InChI is InChI=1S/C26H25N5O3/c1-18-3-2-4-22(15-18)26-30-29-25(34-26)21-7-5-20(6-8-21)24(32)28-17-19-9-10-27-23(16-19)31-11-13-33-14-12-31/h2-10,15-16H,11-14,17H2,1H3,(H,28,32). The lowest BCUT2D eigenvalue weighted by Gasteiger charge is -2.28. The third kappa shape index (κ3) is 4.97. The van der Waals surface area contributed by atoms with Crippen molar-refractivity contribution in [2.75, 3.05) is 31.2 Å². The largest absolute Gasteiger partial charge is 0.416 e. The fraction of sp³-hybridized carbons (Fsp3) is 0.231. The van der Waals surface area contributed by atoms with Gasteiger partial charge in [-0.15, -0.1) is 10.2 Å². The zero-order valence-corrected chi connectivity index (χ0v) is 18.9. The van der Waals surface area contributed by atoms with E-state index in [1.165, 1.54) is 0 Å². The maximum absolute atomic E-state index is 12.7. The number of rotatable bonds is 6. The van der Waals surface area contributed by atoms with Gasteiger partial charge in [0.05, 0.1) is 13.2 Å². The maximum Gasteiger partial charge on any atom is 0.251 e. The molecule has 34 heavy (non-hydrogen) atoms. The van der Waals surface area contributed by atoms with Crippen molar-refractivity contribution in [2.45, 2.75) is 13.5 Å². The van der Waals surface area contributed by atoms with Crippen LogP contribution in [0.2, 0.25) is 0 Å². The molecule has 1 aliphatic heterocycles. The van der Waals surface area contributed by atoms with E-state index < -0.39 is 0 Å². The highest BCUT2D eigenvalue weighted by Gasteiger charge is 2.14. The quantitative estimate of drug-likeness (QED) is 0.472. The number of morpholine rings is 1. The lowest BCUT2D eigenvalue weighted by Crippen LogP contribution is -2.36. The fourth-order valence-corrected chi connectivity index (χ4v) is 3.82. The molecule has 0 saturated carbocycles. The summed E-state index contributed by atoms with van der Waals surface area (Å²) in [6, 6.07) is 19.0. The van der Waals surface area contributed by atoms with E-state index in [-0.39, 0.29) is 5.91 Å². The Bertz CT molecular complexity index is 1280. The van der Waals surface area contributed by atoms with Crippen molar-refractivity contribution < 1.29 is 13.9 Å². The van der Waals surface area contributed by atoms with Crippen LogP contribution in [0.4, 0.5) is 5.82 Å². The molecule has 3 heterocycles. The Morgan fingerprint density at radius 2 is 1.74 bits per heavy atom. The summed E-state index contributed by atoms with van der Waals surface area (Å²) in [6.07, 6.45) is 1.77. The minimum absolute atomic E-state index is 0.151. The second kappa shape index (κ2) is 9.84. The minimum Gasteiger partial charge on any atom is -0.416 e. The van der Waals surface area contributed by atoms with Crippen LogP contribution in [-0.4, -0.2) is 47.4 Å². The van der Waals surface area contributed by atoms with Crippen molar-refractivity contribution in [1.82, 2.24) is 20.5 Å². The molecule has 0 radical (unpaired) electrons. The van der Waals surface area contributed by atoms with Crippen LogP contribution < -0.4 is 10.2 Å². The van der Waals surface area contributed by atoms with E-state index in [1.807, 2.05) is 55.5 Å². The Morgan fingerprint density at radius 1 is 0.971 bits per heavy atom. The second-order valence-corrected chi connectivity index (χ2v) is 8.16. The van der Waals surface area contributed by atoms with E-state index in [1.54, 1.807) is 18.3 Å². The van der Waals surface area contributed by atoms with Crippen molar-refractivity contribution in [3.63, 3.8) is 0 Å². The van der Waals surface area contributed by atoms with Crippen molar-refractivity contribution in [2.24, 2.45) is 0 Å². The third-order valence-electron chi connectivity index (χ3n) is 5.68. The number of aryl methyl sites for hydroxylation is 1. The first-order valence-corrected chi connectivity index (χ1v) is 11.2. The van der Waals surface area contributed by atoms with E-state index in [0.29, 0.717) is 37.1 Å².